The molecule has 1 heterocycles. The number of esters is 1. The van der Waals surface area contributed by atoms with Crippen molar-refractivity contribution in [1.29, 1.82) is 0 Å². The molecular formula is C31H58B2N5O7P. The molecule has 1 saturated heterocycles. The number of carbonyl (C=O) groups is 5. The number of amides is 1. The molecule has 0 aromatic rings. The second kappa shape index (κ2) is 22.8. The van der Waals surface area contributed by atoms with Gasteiger partial charge in [0.1, 0.15) is 24.6 Å². The fourth-order valence-corrected chi connectivity index (χ4v) is 5.66. The summed E-state index contributed by atoms with van der Waals surface area (Å²) in [5, 5.41) is 2.90. The van der Waals surface area contributed by atoms with Crippen molar-refractivity contribution in [2.75, 3.05) is 87.1 Å². The fraction of sp³-hybridized carbons (Fsp3) is 0.839. The maximum Gasteiger partial charge on any atom is 0.320 e. The summed E-state index contributed by atoms with van der Waals surface area (Å²) in [5.41, 5.74) is -1.24. The van der Waals surface area contributed by atoms with Crippen molar-refractivity contribution in [2.45, 2.75) is 83.5 Å². The number of hydrogen-bond donors (Lipinski definition) is 1. The fourth-order valence-electron chi connectivity index (χ4n) is 5.44. The van der Waals surface area contributed by atoms with Crippen LogP contribution in [0.3, 0.4) is 0 Å². The monoisotopic (exact) mass is 665 g/mol. The Balaban J connectivity index is 3.35. The van der Waals surface area contributed by atoms with Gasteiger partial charge in [0, 0.05) is 45.3 Å². The van der Waals surface area contributed by atoms with Crippen molar-refractivity contribution in [3.63, 3.8) is 0 Å². The number of ether oxygens (including phenoxy) is 2. The van der Waals surface area contributed by atoms with Crippen molar-refractivity contribution in [3.8, 4) is 0 Å². The predicted molar refractivity (Wildman–Crippen MR) is 186 cm³/mol. The van der Waals surface area contributed by atoms with Crippen LogP contribution in [-0.4, -0.2) is 168 Å². The van der Waals surface area contributed by atoms with Gasteiger partial charge < -0.3 is 24.5 Å². The standard InChI is InChI=1S/C31H58B2N5O7P/c1-8-35(4)19-24(39)16-31(17-25(40)20-36(5)9-2)15-11-12-26(44-30(43)23-37(6)10-3)21-38(7)22-27(45-31)18-34-29(42)14-13-28(41)32-33-46/h26-27H,8-23,46H2,1-7H3,(H,34,42)/t26-,27?/m1/s1. The summed E-state index contributed by atoms with van der Waals surface area (Å²) in [7, 11) is 11.3. The van der Waals surface area contributed by atoms with Gasteiger partial charge in [0.2, 0.25) is 5.91 Å². The van der Waals surface area contributed by atoms with Gasteiger partial charge in [-0.1, -0.05) is 20.8 Å². The van der Waals surface area contributed by atoms with Gasteiger partial charge >= 0.3 is 5.97 Å². The Hall–Kier alpha value is -1.69. The van der Waals surface area contributed by atoms with Gasteiger partial charge in [-0.25, -0.2) is 0 Å². The van der Waals surface area contributed by atoms with Crippen LogP contribution in [0.15, 0.2) is 0 Å². The SMILES string of the molecule is CCN(C)CC(=O)CC1(CC(=O)CN(C)CC)CCC[C@@H](OC(=O)CN(C)CC)CN(C)CC(CNC(=O)CCC(=O)[B][B]P)O1. The molecule has 260 valence electrons. The number of ketones is 2. The predicted octanol–water partition coefficient (Wildman–Crippen LogP) is 0.448. The highest BCUT2D eigenvalue weighted by molar-refractivity contribution is 7.70. The summed E-state index contributed by atoms with van der Waals surface area (Å²) < 4.78 is 12.7. The smallest absolute Gasteiger partial charge is 0.320 e. The molecule has 2 radical (unpaired) electrons. The molecule has 1 aliphatic heterocycles. The Morgan fingerprint density at radius 2 is 1.48 bits per heavy atom. The van der Waals surface area contributed by atoms with E-state index in [0.29, 0.717) is 45.4 Å². The van der Waals surface area contributed by atoms with Crippen LogP contribution in [0.5, 0.6) is 0 Å². The molecular weight excluding hydrogens is 607 g/mol. The highest BCUT2D eigenvalue weighted by Gasteiger charge is 2.40. The highest BCUT2D eigenvalue weighted by Crippen LogP contribution is 2.32. The maximum absolute atomic E-state index is 13.4. The lowest BCUT2D eigenvalue weighted by Crippen LogP contribution is -2.51. The first-order chi connectivity index (χ1) is 21.7. The summed E-state index contributed by atoms with van der Waals surface area (Å²) in [5.74, 6) is -0.638. The zero-order valence-electron chi connectivity index (χ0n) is 29.3. The molecule has 1 fully saturated rings. The third kappa shape index (κ3) is 18.0. The van der Waals surface area contributed by atoms with Gasteiger partial charge in [-0.15, -0.1) is 0 Å². The van der Waals surface area contributed by atoms with E-state index < -0.39 is 11.7 Å². The zero-order chi connectivity index (χ0) is 34.7. The summed E-state index contributed by atoms with van der Waals surface area (Å²) >= 11 is 0. The van der Waals surface area contributed by atoms with E-state index in [1.165, 1.54) is 7.17 Å². The van der Waals surface area contributed by atoms with Crippen molar-refractivity contribution in [3.05, 3.63) is 0 Å². The van der Waals surface area contributed by atoms with Gasteiger partial charge in [0.15, 0.2) is 7.17 Å². The number of rotatable bonds is 21. The van der Waals surface area contributed by atoms with Crippen LogP contribution in [0.25, 0.3) is 0 Å². The second-order valence-electron chi connectivity index (χ2n) is 12.7. The largest absolute Gasteiger partial charge is 0.460 e. The Labute approximate surface area is 281 Å². The molecule has 0 saturated carbocycles. The lowest BCUT2D eigenvalue weighted by molar-refractivity contribution is -0.156. The van der Waals surface area contributed by atoms with Crippen LogP contribution in [0.4, 0.5) is 0 Å². The molecule has 15 heteroatoms. The number of Topliss-reactive ketones (excluding diaryl/α,β-unsaturated/α-hetero) is 2. The number of nitrogens with zero attached hydrogens (tertiary/aromatic N) is 4. The summed E-state index contributed by atoms with van der Waals surface area (Å²) in [6, 6.07) is 0. The molecule has 0 spiro atoms. The molecule has 0 aromatic heterocycles. The molecule has 1 rings (SSSR count). The maximum atomic E-state index is 13.4. The van der Waals surface area contributed by atoms with Crippen LogP contribution in [-0.2, 0) is 33.4 Å². The van der Waals surface area contributed by atoms with E-state index in [0.717, 1.165) is 6.54 Å². The molecule has 1 N–H and O–H groups in total. The lowest BCUT2D eigenvalue weighted by Gasteiger charge is -2.40. The minimum Gasteiger partial charge on any atom is -0.460 e. The van der Waals surface area contributed by atoms with E-state index in [9.17, 15) is 24.0 Å². The van der Waals surface area contributed by atoms with Gasteiger partial charge in [-0.05, 0) is 67.1 Å². The van der Waals surface area contributed by atoms with E-state index in [1.54, 1.807) is 6.89 Å². The first-order valence-corrected chi connectivity index (χ1v) is 17.2. The molecule has 0 aromatic carbocycles. The first-order valence-electron chi connectivity index (χ1n) is 16.6. The molecule has 0 aliphatic carbocycles. The third-order valence-corrected chi connectivity index (χ3v) is 8.45. The lowest BCUT2D eigenvalue weighted by atomic mass is 9.50. The van der Waals surface area contributed by atoms with E-state index >= 15 is 0 Å². The highest BCUT2D eigenvalue weighted by atomic mass is 31.0. The Bertz CT molecular complexity index is 954. The first kappa shape index (κ1) is 42.3. The normalized spacial score (nSPS) is 19.1. The number of hydrogen-bond acceptors (Lipinski definition) is 11. The van der Waals surface area contributed by atoms with Crippen LogP contribution >= 0.6 is 9.12 Å². The topological polar surface area (TPSA) is 129 Å². The minimum absolute atomic E-state index is 0.0274. The number of likely N-dealkylation sites (N-methyl/N-ethyl adjacent to an activating group) is 4. The summed E-state index contributed by atoms with van der Waals surface area (Å²) in [4.78, 5) is 72.0. The number of nitrogens with one attached hydrogen (secondary N) is 1. The van der Waals surface area contributed by atoms with Crippen molar-refractivity contribution < 1.29 is 33.4 Å². The van der Waals surface area contributed by atoms with Crippen LogP contribution < -0.4 is 5.32 Å². The van der Waals surface area contributed by atoms with Crippen molar-refractivity contribution in [1.82, 2.24) is 24.9 Å². The second-order valence-corrected chi connectivity index (χ2v) is 13.1. The Morgan fingerprint density at radius 3 is 2.02 bits per heavy atom. The third-order valence-electron chi connectivity index (χ3n) is 8.26. The molecule has 0 bridgehead atoms. The summed E-state index contributed by atoms with van der Waals surface area (Å²) in [6.07, 6.45) is 0.837. The van der Waals surface area contributed by atoms with Crippen LogP contribution in [0.2, 0.25) is 0 Å². The van der Waals surface area contributed by atoms with E-state index in [-0.39, 0.29) is 87.1 Å². The molecule has 12 nitrogen and oxygen atoms in total. The molecule has 1 amide bonds. The van der Waals surface area contributed by atoms with Gasteiger partial charge in [0.25, 0.3) is 0 Å². The molecule has 3 atom stereocenters. The molecule has 46 heavy (non-hydrogen) atoms. The summed E-state index contributed by atoms with van der Waals surface area (Å²) in [6.45, 7) is 11.2. The average molecular weight is 665 g/mol. The molecule has 1 aliphatic rings. The van der Waals surface area contributed by atoms with E-state index in [4.69, 9.17) is 9.47 Å². The van der Waals surface area contributed by atoms with Crippen molar-refractivity contribution in [2.24, 2.45) is 0 Å². The van der Waals surface area contributed by atoms with Crippen LogP contribution in [0, 0.1) is 0 Å². The quantitative estimate of drug-likeness (QED) is 0.104. The minimum atomic E-state index is -1.10. The number of carbonyl (C=O) groups excluding carboxylic acids is 5. The van der Waals surface area contributed by atoms with Crippen LogP contribution in [0.1, 0.15) is 65.7 Å². The van der Waals surface area contributed by atoms with E-state index in [2.05, 4.69) is 14.4 Å². The Morgan fingerprint density at radius 1 is 0.913 bits per heavy atom. The average Bonchev–Trinajstić information content (AvgIpc) is 2.97. The van der Waals surface area contributed by atoms with Gasteiger partial charge in [-0.2, -0.15) is 9.12 Å². The van der Waals surface area contributed by atoms with Gasteiger partial charge in [0.05, 0.1) is 37.0 Å². The van der Waals surface area contributed by atoms with Gasteiger partial charge in [-0.3, -0.25) is 33.9 Å². The van der Waals surface area contributed by atoms with E-state index in [1.807, 2.05) is 68.6 Å². The van der Waals surface area contributed by atoms with Crippen molar-refractivity contribution >= 4 is 52.3 Å². The molecule has 2 unspecified atom stereocenters. The zero-order valence-corrected chi connectivity index (χ0v) is 30.5. The Kier molecular flexibility index (Phi) is 21.0.